The van der Waals surface area contributed by atoms with Crippen LogP contribution in [0.2, 0.25) is 5.15 Å². The van der Waals surface area contributed by atoms with E-state index in [1.807, 2.05) is 13.8 Å². The van der Waals surface area contributed by atoms with Gasteiger partial charge in [-0.25, -0.2) is 0 Å². The van der Waals surface area contributed by atoms with Gasteiger partial charge in [-0.1, -0.05) is 11.6 Å². The fourth-order valence-electron chi connectivity index (χ4n) is 2.19. The lowest BCUT2D eigenvalue weighted by atomic mass is 10.2. The third-order valence-corrected chi connectivity index (χ3v) is 3.89. The van der Waals surface area contributed by atoms with Gasteiger partial charge < -0.3 is 10.0 Å². The number of rotatable bonds is 3. The molecule has 1 aliphatic heterocycles. The lowest BCUT2D eigenvalue weighted by molar-refractivity contribution is 0.188. The van der Waals surface area contributed by atoms with Gasteiger partial charge in [-0.3, -0.25) is 4.90 Å². The molecule has 0 aromatic carbocycles. The largest absolute Gasteiger partial charge is 0.395 e. The van der Waals surface area contributed by atoms with E-state index in [2.05, 4.69) is 20.0 Å². The van der Waals surface area contributed by atoms with Crippen LogP contribution in [0.5, 0.6) is 0 Å². The summed E-state index contributed by atoms with van der Waals surface area (Å²) >= 11 is 5.96. The first-order valence-corrected chi connectivity index (χ1v) is 6.59. The summed E-state index contributed by atoms with van der Waals surface area (Å²) in [7, 11) is 0. The summed E-state index contributed by atoms with van der Waals surface area (Å²) in [6.07, 6.45) is 0. The van der Waals surface area contributed by atoms with E-state index in [-0.39, 0.29) is 6.61 Å². The first-order chi connectivity index (χ1) is 8.63. The number of aromatic nitrogens is 2. The number of nitrogens with zero attached hydrogens (tertiary/aromatic N) is 4. The summed E-state index contributed by atoms with van der Waals surface area (Å²) < 4.78 is 0. The minimum Gasteiger partial charge on any atom is -0.395 e. The summed E-state index contributed by atoms with van der Waals surface area (Å²) in [6.45, 7) is 8.69. The van der Waals surface area contributed by atoms with Crippen LogP contribution in [0.1, 0.15) is 11.1 Å². The van der Waals surface area contributed by atoms with Crippen molar-refractivity contribution >= 4 is 17.4 Å². The molecule has 2 heterocycles. The lowest BCUT2D eigenvalue weighted by Crippen LogP contribution is -2.47. The molecule has 1 aromatic rings. The van der Waals surface area contributed by atoms with E-state index in [9.17, 15) is 0 Å². The number of piperazine rings is 1. The van der Waals surface area contributed by atoms with Gasteiger partial charge in [-0.05, 0) is 25.0 Å². The zero-order valence-corrected chi connectivity index (χ0v) is 11.6. The Bertz CT molecular complexity index is 419. The molecule has 0 spiro atoms. The highest BCUT2D eigenvalue weighted by atomic mass is 35.5. The number of hydrogen-bond acceptors (Lipinski definition) is 5. The highest BCUT2D eigenvalue weighted by Gasteiger charge is 2.20. The highest BCUT2D eigenvalue weighted by Crippen LogP contribution is 2.24. The summed E-state index contributed by atoms with van der Waals surface area (Å²) in [6, 6.07) is 0. The van der Waals surface area contributed by atoms with Crippen LogP contribution in [0.3, 0.4) is 0 Å². The van der Waals surface area contributed by atoms with Crippen molar-refractivity contribution in [1.82, 2.24) is 15.1 Å². The average Bonchev–Trinajstić information content (AvgIpc) is 2.38. The molecule has 1 aromatic heterocycles. The molecular formula is C12H19ClN4O. The van der Waals surface area contributed by atoms with Gasteiger partial charge in [-0.15, -0.1) is 10.2 Å². The molecule has 0 amide bonds. The zero-order valence-electron chi connectivity index (χ0n) is 10.9. The number of aliphatic hydroxyl groups excluding tert-OH is 1. The van der Waals surface area contributed by atoms with Crippen molar-refractivity contribution in [2.75, 3.05) is 44.2 Å². The molecule has 0 aliphatic carbocycles. The minimum absolute atomic E-state index is 0.221. The van der Waals surface area contributed by atoms with Gasteiger partial charge in [0.2, 0.25) is 0 Å². The number of aliphatic hydroxyl groups is 1. The second-order valence-electron chi connectivity index (χ2n) is 4.62. The van der Waals surface area contributed by atoms with Gasteiger partial charge in [-0.2, -0.15) is 0 Å². The average molecular weight is 271 g/mol. The van der Waals surface area contributed by atoms with E-state index < -0.39 is 0 Å². The Morgan fingerprint density at radius 3 is 2.39 bits per heavy atom. The molecule has 2 rings (SSSR count). The fraction of sp³-hybridized carbons (Fsp3) is 0.667. The molecule has 1 aliphatic rings. The SMILES string of the molecule is Cc1c(Cl)nnc(N2CCN(CCO)CC2)c1C. The van der Waals surface area contributed by atoms with Gasteiger partial charge in [0.15, 0.2) is 11.0 Å². The number of anilines is 1. The maximum Gasteiger partial charge on any atom is 0.155 e. The quantitative estimate of drug-likeness (QED) is 0.883. The van der Waals surface area contributed by atoms with Crippen LogP contribution < -0.4 is 4.90 Å². The van der Waals surface area contributed by atoms with E-state index in [0.717, 1.165) is 49.7 Å². The van der Waals surface area contributed by atoms with E-state index in [4.69, 9.17) is 16.7 Å². The maximum absolute atomic E-state index is 8.92. The van der Waals surface area contributed by atoms with Crippen LogP contribution in [-0.4, -0.2) is 59.5 Å². The van der Waals surface area contributed by atoms with E-state index >= 15 is 0 Å². The molecule has 0 atom stereocenters. The molecule has 18 heavy (non-hydrogen) atoms. The molecule has 6 heteroatoms. The van der Waals surface area contributed by atoms with Crippen LogP contribution in [0.4, 0.5) is 5.82 Å². The maximum atomic E-state index is 8.92. The summed E-state index contributed by atoms with van der Waals surface area (Å²) in [5, 5.41) is 17.6. The molecular weight excluding hydrogens is 252 g/mol. The monoisotopic (exact) mass is 270 g/mol. The standard InChI is InChI=1S/C12H19ClN4O/c1-9-10(2)12(15-14-11(9)13)17-5-3-16(4-6-17)7-8-18/h18H,3-8H2,1-2H3. The van der Waals surface area contributed by atoms with Crippen LogP contribution in [0.25, 0.3) is 0 Å². The van der Waals surface area contributed by atoms with Gasteiger partial charge >= 0.3 is 0 Å². The Balaban J connectivity index is 2.08. The van der Waals surface area contributed by atoms with Crippen LogP contribution >= 0.6 is 11.6 Å². The Labute approximate surface area is 112 Å². The van der Waals surface area contributed by atoms with Crippen molar-refractivity contribution in [2.24, 2.45) is 0 Å². The van der Waals surface area contributed by atoms with E-state index in [1.165, 1.54) is 0 Å². The predicted octanol–water partition coefficient (Wildman–Crippen LogP) is 0.861. The first kappa shape index (κ1) is 13.5. The summed E-state index contributed by atoms with van der Waals surface area (Å²) in [5.41, 5.74) is 2.10. The molecule has 1 N–H and O–H groups in total. The van der Waals surface area contributed by atoms with Crippen LogP contribution in [-0.2, 0) is 0 Å². The van der Waals surface area contributed by atoms with Gasteiger partial charge in [0.05, 0.1) is 6.61 Å². The van der Waals surface area contributed by atoms with Crippen molar-refractivity contribution in [2.45, 2.75) is 13.8 Å². The van der Waals surface area contributed by atoms with E-state index in [1.54, 1.807) is 0 Å². The fourth-order valence-corrected chi connectivity index (χ4v) is 2.37. The summed E-state index contributed by atoms with van der Waals surface area (Å²) in [4.78, 5) is 4.49. The van der Waals surface area contributed by atoms with Crippen molar-refractivity contribution in [3.63, 3.8) is 0 Å². The lowest BCUT2D eigenvalue weighted by Gasteiger charge is -2.35. The number of halogens is 1. The second kappa shape index (κ2) is 5.82. The van der Waals surface area contributed by atoms with Crippen molar-refractivity contribution in [1.29, 1.82) is 0 Å². The Morgan fingerprint density at radius 1 is 1.11 bits per heavy atom. The van der Waals surface area contributed by atoms with Gasteiger partial charge in [0, 0.05) is 32.7 Å². The minimum atomic E-state index is 0.221. The van der Waals surface area contributed by atoms with E-state index in [0.29, 0.717) is 5.15 Å². The van der Waals surface area contributed by atoms with Crippen molar-refractivity contribution < 1.29 is 5.11 Å². The molecule has 1 fully saturated rings. The third kappa shape index (κ3) is 2.74. The third-order valence-electron chi connectivity index (χ3n) is 3.53. The number of hydrogen-bond donors (Lipinski definition) is 1. The molecule has 100 valence electrons. The number of β-amino-alcohol motifs (C(OH)–C–C–N with tert-alkyl or cyclic N) is 1. The molecule has 0 bridgehead atoms. The molecule has 0 unspecified atom stereocenters. The smallest absolute Gasteiger partial charge is 0.155 e. The topological polar surface area (TPSA) is 52.5 Å². The summed E-state index contributed by atoms with van der Waals surface area (Å²) in [5.74, 6) is 0.931. The first-order valence-electron chi connectivity index (χ1n) is 6.21. The van der Waals surface area contributed by atoms with Gasteiger partial charge in [0.25, 0.3) is 0 Å². The Morgan fingerprint density at radius 2 is 1.78 bits per heavy atom. The normalized spacial score (nSPS) is 17.2. The van der Waals surface area contributed by atoms with Crippen LogP contribution in [0.15, 0.2) is 0 Å². The molecule has 1 saturated heterocycles. The van der Waals surface area contributed by atoms with Crippen LogP contribution in [0, 0.1) is 13.8 Å². The molecule has 0 radical (unpaired) electrons. The Kier molecular flexibility index (Phi) is 4.37. The van der Waals surface area contributed by atoms with Gasteiger partial charge in [0.1, 0.15) is 0 Å². The highest BCUT2D eigenvalue weighted by molar-refractivity contribution is 6.30. The zero-order chi connectivity index (χ0) is 13.1. The van der Waals surface area contributed by atoms with Crippen molar-refractivity contribution in [3.05, 3.63) is 16.3 Å². The molecule has 0 saturated carbocycles. The predicted molar refractivity (Wildman–Crippen MR) is 72.3 cm³/mol. The second-order valence-corrected chi connectivity index (χ2v) is 4.97. The Hall–Kier alpha value is -0.910. The van der Waals surface area contributed by atoms with Crippen molar-refractivity contribution in [3.8, 4) is 0 Å². The molecule has 5 nitrogen and oxygen atoms in total.